The van der Waals surface area contributed by atoms with E-state index in [1.807, 2.05) is 18.2 Å². The molecule has 0 amide bonds. The molecule has 0 aromatic heterocycles. The van der Waals surface area contributed by atoms with Gasteiger partial charge in [0.2, 0.25) is 0 Å². The monoisotopic (exact) mass is 302 g/mol. The first-order valence-electron chi connectivity index (χ1n) is 5.66. The molecule has 0 saturated heterocycles. The molecule has 1 aromatic rings. The van der Waals surface area contributed by atoms with E-state index in [4.69, 9.17) is 4.74 Å². The molecular formula is C12H19BrO2Si. The third kappa shape index (κ3) is 3.92. The van der Waals surface area contributed by atoms with Crippen LogP contribution in [-0.4, -0.2) is 27.3 Å². The number of halogens is 1. The van der Waals surface area contributed by atoms with E-state index in [9.17, 15) is 5.11 Å². The standard InChI is InChI=1S/C12H19BrO2Si/c1-2-3-6-15-11-5-4-9(7-12(11)16)10(14)8-13/h4-5,7,10,14H,2-3,6,8H2,1,16H3/t10-/m0/s1. The highest BCUT2D eigenvalue weighted by Gasteiger charge is 2.07. The topological polar surface area (TPSA) is 29.5 Å². The van der Waals surface area contributed by atoms with Crippen molar-refractivity contribution in [1.82, 2.24) is 0 Å². The van der Waals surface area contributed by atoms with E-state index in [2.05, 4.69) is 22.9 Å². The van der Waals surface area contributed by atoms with Crippen LogP contribution in [0.25, 0.3) is 0 Å². The molecule has 4 heteroatoms. The van der Waals surface area contributed by atoms with Crippen molar-refractivity contribution in [3.63, 3.8) is 0 Å². The second kappa shape index (κ2) is 7.09. The second-order valence-electron chi connectivity index (χ2n) is 3.90. The van der Waals surface area contributed by atoms with E-state index in [0.717, 1.165) is 41.0 Å². The predicted octanol–water partition coefficient (Wildman–Crippen LogP) is 1.28. The highest BCUT2D eigenvalue weighted by molar-refractivity contribution is 9.09. The molecule has 90 valence electrons. The maximum Gasteiger partial charge on any atom is 0.117 e. The molecule has 0 spiro atoms. The van der Waals surface area contributed by atoms with Gasteiger partial charge in [0.05, 0.1) is 12.7 Å². The third-order valence-electron chi connectivity index (χ3n) is 2.49. The molecule has 0 unspecified atom stereocenters. The third-order valence-corrected chi connectivity index (χ3v) is 3.88. The van der Waals surface area contributed by atoms with Gasteiger partial charge in [-0.15, -0.1) is 0 Å². The van der Waals surface area contributed by atoms with Crippen LogP contribution >= 0.6 is 15.9 Å². The van der Waals surface area contributed by atoms with E-state index >= 15 is 0 Å². The van der Waals surface area contributed by atoms with E-state index in [1.165, 1.54) is 5.19 Å². The van der Waals surface area contributed by atoms with E-state index in [0.29, 0.717) is 5.33 Å². The smallest absolute Gasteiger partial charge is 0.117 e. The van der Waals surface area contributed by atoms with Crippen LogP contribution in [0, 0.1) is 0 Å². The minimum absolute atomic E-state index is 0.419. The summed E-state index contributed by atoms with van der Waals surface area (Å²) in [7, 11) is 0.939. The van der Waals surface area contributed by atoms with Gasteiger partial charge in [0.1, 0.15) is 5.75 Å². The van der Waals surface area contributed by atoms with Crippen molar-refractivity contribution >= 4 is 31.4 Å². The lowest BCUT2D eigenvalue weighted by molar-refractivity contribution is 0.205. The Balaban J connectivity index is 2.67. The SMILES string of the molecule is CCCCOc1ccc([C@@H](O)CBr)cc1[SiH3]. The second-order valence-corrected chi connectivity index (χ2v) is 5.62. The summed E-state index contributed by atoms with van der Waals surface area (Å²) in [4.78, 5) is 0. The number of alkyl halides is 1. The Hall–Kier alpha value is -0.323. The molecular weight excluding hydrogens is 284 g/mol. The zero-order valence-electron chi connectivity index (χ0n) is 9.87. The van der Waals surface area contributed by atoms with Crippen LogP contribution in [0.15, 0.2) is 18.2 Å². The summed E-state index contributed by atoms with van der Waals surface area (Å²) >= 11 is 3.28. The van der Waals surface area contributed by atoms with E-state index in [-0.39, 0.29) is 0 Å². The Morgan fingerprint density at radius 1 is 1.50 bits per heavy atom. The number of unbranched alkanes of at least 4 members (excludes halogenated alkanes) is 1. The predicted molar refractivity (Wildman–Crippen MR) is 75.2 cm³/mol. The molecule has 0 heterocycles. The molecule has 1 N–H and O–H groups in total. The fourth-order valence-electron chi connectivity index (χ4n) is 1.46. The Bertz CT molecular complexity index is 331. The molecule has 0 bridgehead atoms. The number of hydrogen-bond donors (Lipinski definition) is 1. The van der Waals surface area contributed by atoms with Crippen LogP contribution in [0.5, 0.6) is 5.75 Å². The molecule has 0 aliphatic rings. The molecule has 1 aromatic carbocycles. The van der Waals surface area contributed by atoms with Crippen molar-refractivity contribution in [2.45, 2.75) is 25.9 Å². The number of aliphatic hydroxyl groups excluding tert-OH is 1. The number of rotatable bonds is 6. The van der Waals surface area contributed by atoms with Crippen LogP contribution in [-0.2, 0) is 0 Å². The summed E-state index contributed by atoms with van der Waals surface area (Å²) in [5, 5.41) is 11.5. The molecule has 16 heavy (non-hydrogen) atoms. The van der Waals surface area contributed by atoms with Gasteiger partial charge >= 0.3 is 0 Å². The van der Waals surface area contributed by atoms with Crippen LogP contribution in [0.3, 0.4) is 0 Å². The maximum absolute atomic E-state index is 9.69. The van der Waals surface area contributed by atoms with Gasteiger partial charge in [0.15, 0.2) is 0 Å². The number of benzene rings is 1. The summed E-state index contributed by atoms with van der Waals surface area (Å²) in [5.41, 5.74) is 0.963. The lowest BCUT2D eigenvalue weighted by atomic mass is 10.1. The van der Waals surface area contributed by atoms with Crippen molar-refractivity contribution < 1.29 is 9.84 Å². The first kappa shape index (κ1) is 13.7. The number of hydrogen-bond acceptors (Lipinski definition) is 2. The number of ether oxygens (including phenoxy) is 1. The van der Waals surface area contributed by atoms with E-state index < -0.39 is 6.10 Å². The Morgan fingerprint density at radius 3 is 2.81 bits per heavy atom. The maximum atomic E-state index is 9.69. The van der Waals surface area contributed by atoms with Crippen LogP contribution in [0.4, 0.5) is 0 Å². The molecule has 2 nitrogen and oxygen atoms in total. The van der Waals surface area contributed by atoms with Gasteiger partial charge in [-0.05, 0) is 23.2 Å². The first-order valence-corrected chi connectivity index (χ1v) is 7.78. The summed E-state index contributed by atoms with van der Waals surface area (Å²) in [6, 6.07) is 5.95. The zero-order chi connectivity index (χ0) is 12.0. The average molecular weight is 303 g/mol. The number of aliphatic hydroxyl groups is 1. The quantitative estimate of drug-likeness (QED) is 0.487. The summed E-state index contributed by atoms with van der Waals surface area (Å²) < 4.78 is 5.69. The van der Waals surface area contributed by atoms with Crippen molar-refractivity contribution in [2.24, 2.45) is 0 Å². The molecule has 0 aliphatic heterocycles. The normalized spacial score (nSPS) is 12.7. The zero-order valence-corrected chi connectivity index (χ0v) is 13.5. The summed E-state index contributed by atoms with van der Waals surface area (Å²) in [6.07, 6.45) is 1.82. The summed E-state index contributed by atoms with van der Waals surface area (Å²) in [6.45, 7) is 2.94. The Kier molecular flexibility index (Phi) is 6.09. The first-order chi connectivity index (χ1) is 7.69. The van der Waals surface area contributed by atoms with Gasteiger partial charge in [0.25, 0.3) is 0 Å². The lowest BCUT2D eigenvalue weighted by Crippen LogP contribution is -2.12. The van der Waals surface area contributed by atoms with Crippen LogP contribution in [0.1, 0.15) is 31.4 Å². The fourth-order valence-corrected chi connectivity index (χ4v) is 2.48. The largest absolute Gasteiger partial charge is 0.494 e. The van der Waals surface area contributed by atoms with Crippen molar-refractivity contribution in [1.29, 1.82) is 0 Å². The fraction of sp³-hybridized carbons (Fsp3) is 0.500. The van der Waals surface area contributed by atoms with Crippen LogP contribution < -0.4 is 9.92 Å². The summed E-state index contributed by atoms with van der Waals surface area (Å²) in [5.74, 6) is 0.977. The molecule has 0 aliphatic carbocycles. The van der Waals surface area contributed by atoms with Crippen molar-refractivity contribution in [3.05, 3.63) is 23.8 Å². The van der Waals surface area contributed by atoms with Gasteiger partial charge in [-0.3, -0.25) is 0 Å². The average Bonchev–Trinajstić information content (AvgIpc) is 2.30. The minimum Gasteiger partial charge on any atom is -0.494 e. The van der Waals surface area contributed by atoms with E-state index in [1.54, 1.807) is 0 Å². The van der Waals surface area contributed by atoms with Crippen molar-refractivity contribution in [3.8, 4) is 5.75 Å². The Morgan fingerprint density at radius 2 is 2.25 bits per heavy atom. The van der Waals surface area contributed by atoms with Gasteiger partial charge in [-0.1, -0.05) is 41.4 Å². The molecule has 0 saturated carbocycles. The molecule has 1 rings (SSSR count). The molecule has 1 atom stereocenters. The van der Waals surface area contributed by atoms with Crippen LogP contribution in [0.2, 0.25) is 0 Å². The van der Waals surface area contributed by atoms with Gasteiger partial charge in [-0.25, -0.2) is 0 Å². The molecule has 0 fully saturated rings. The van der Waals surface area contributed by atoms with Gasteiger partial charge in [0, 0.05) is 15.6 Å². The lowest BCUT2D eigenvalue weighted by Gasteiger charge is -2.12. The molecule has 0 radical (unpaired) electrons. The highest BCUT2D eigenvalue weighted by Crippen LogP contribution is 2.17. The van der Waals surface area contributed by atoms with Gasteiger partial charge < -0.3 is 9.84 Å². The van der Waals surface area contributed by atoms with Gasteiger partial charge in [-0.2, -0.15) is 0 Å². The van der Waals surface area contributed by atoms with Crippen molar-refractivity contribution in [2.75, 3.05) is 11.9 Å². The Labute approximate surface area is 109 Å². The minimum atomic E-state index is -0.419. The highest BCUT2D eigenvalue weighted by atomic mass is 79.9.